The number of hydrogen-bond acceptors (Lipinski definition) is 8. The molecule has 0 spiro atoms. The number of carbonyl (C=O) groups is 6. The van der Waals surface area contributed by atoms with E-state index in [-0.39, 0.29) is 19.8 Å². The first-order valence-corrected chi connectivity index (χ1v) is 10.9. The molecule has 0 radical (unpaired) electrons. The monoisotopic (exact) mass is 507 g/mol. The largest absolute Gasteiger partial charge is 0.481 e. The highest BCUT2D eigenvalue weighted by Crippen LogP contribution is 2.04. The minimum atomic E-state index is -1.59. The zero-order valence-electron chi connectivity index (χ0n) is 19.4. The lowest BCUT2D eigenvalue weighted by Crippen LogP contribution is -2.51. The van der Waals surface area contributed by atoms with Crippen LogP contribution in [0.5, 0.6) is 0 Å². The van der Waals surface area contributed by atoms with Gasteiger partial charge in [0.2, 0.25) is 5.91 Å². The van der Waals surface area contributed by atoms with Crippen molar-refractivity contribution in [3.05, 3.63) is 0 Å². The van der Waals surface area contributed by atoms with Crippen LogP contribution in [0.15, 0.2) is 0 Å². The lowest BCUT2D eigenvalue weighted by Gasteiger charge is -2.22. The summed E-state index contributed by atoms with van der Waals surface area (Å²) in [6.07, 6.45) is -0.949. The van der Waals surface area contributed by atoms with E-state index < -0.39 is 80.1 Å². The Labute approximate surface area is 201 Å². The number of carbonyl (C=O) groups excluding carboxylic acids is 2. The number of amides is 3. The molecule has 0 rings (SSSR count). The van der Waals surface area contributed by atoms with E-state index in [2.05, 4.69) is 0 Å². The van der Waals surface area contributed by atoms with Gasteiger partial charge in [-0.05, 0) is 19.3 Å². The number of aliphatic carboxylic acids is 4. The quantitative estimate of drug-likeness (QED) is 0.111. The molecule has 6 N–H and O–H groups in total. The Morgan fingerprint density at radius 3 is 1.71 bits per heavy atom. The number of ether oxygens (including phenoxy) is 2. The number of nitrogens with zero attached hydrogens (tertiary/aromatic N) is 1. The molecule has 3 amide bonds. The zero-order valence-corrected chi connectivity index (χ0v) is 19.4. The van der Waals surface area contributed by atoms with Crippen molar-refractivity contribution >= 4 is 35.8 Å². The number of hydrogen-bond donors (Lipinski definition) is 6. The van der Waals surface area contributed by atoms with Gasteiger partial charge in [-0.25, -0.2) is 14.4 Å². The van der Waals surface area contributed by atoms with E-state index in [1.54, 1.807) is 0 Å². The van der Waals surface area contributed by atoms with Crippen LogP contribution in [0.4, 0.5) is 4.79 Å². The summed E-state index contributed by atoms with van der Waals surface area (Å²) in [5.74, 6) is -6.26. The van der Waals surface area contributed by atoms with Gasteiger partial charge in [-0.3, -0.25) is 14.4 Å². The normalized spacial score (nSPS) is 12.3. The highest BCUT2D eigenvalue weighted by atomic mass is 16.5. The third-order valence-corrected chi connectivity index (χ3v) is 4.41. The molecule has 0 saturated heterocycles. The molecule has 15 nitrogen and oxygen atoms in total. The Morgan fingerprint density at radius 2 is 1.26 bits per heavy atom. The van der Waals surface area contributed by atoms with Crippen molar-refractivity contribution in [1.29, 1.82) is 0 Å². The summed E-state index contributed by atoms with van der Waals surface area (Å²) >= 11 is 0. The van der Waals surface area contributed by atoms with Gasteiger partial charge in [0.05, 0.1) is 19.8 Å². The molecule has 0 aliphatic heterocycles. The Kier molecular flexibility index (Phi) is 16.2. The fraction of sp³-hybridized carbons (Fsp3) is 0.700. The molecule has 15 heteroatoms. The van der Waals surface area contributed by atoms with Gasteiger partial charge in [-0.15, -0.1) is 0 Å². The molecule has 35 heavy (non-hydrogen) atoms. The number of carboxylic acid groups (broad SMARTS) is 4. The van der Waals surface area contributed by atoms with Gasteiger partial charge in [0.15, 0.2) is 0 Å². The summed E-state index contributed by atoms with van der Waals surface area (Å²) in [5, 5.41) is 40.0. The lowest BCUT2D eigenvalue weighted by atomic mass is 10.1. The maximum Gasteiger partial charge on any atom is 0.326 e. The molecular formula is C20H33N3O12. The first kappa shape index (κ1) is 31.5. The summed E-state index contributed by atoms with van der Waals surface area (Å²) in [7, 11) is 0. The van der Waals surface area contributed by atoms with Crippen molar-refractivity contribution in [2.45, 2.75) is 51.1 Å². The maximum absolute atomic E-state index is 12.4. The van der Waals surface area contributed by atoms with Gasteiger partial charge in [0.25, 0.3) is 0 Å². The second-order valence-electron chi connectivity index (χ2n) is 7.30. The Balaban J connectivity index is 4.79. The molecule has 0 aromatic heterocycles. The van der Waals surface area contributed by atoms with Crippen molar-refractivity contribution in [3.8, 4) is 0 Å². The minimum Gasteiger partial charge on any atom is -0.481 e. The third kappa shape index (κ3) is 15.9. The van der Waals surface area contributed by atoms with Gasteiger partial charge >= 0.3 is 29.9 Å². The minimum absolute atomic E-state index is 0.0322. The standard InChI is InChI=1S/C20H33N3O12/c1-2-8-34-10-11-35-9-7-23(12-17(27)28)15(24)5-3-13(18(29)30)21-20(33)22-14(19(31)32)4-6-16(25)26/h13-14H,2-12H2,1H3,(H,25,26)(H,27,28)(H,29,30)(H,31,32)(H2,21,22,33)/t13-,14-/m0/s1. The zero-order chi connectivity index (χ0) is 26.8. The van der Waals surface area contributed by atoms with Gasteiger partial charge in [-0.1, -0.05) is 6.92 Å². The summed E-state index contributed by atoms with van der Waals surface area (Å²) in [4.78, 5) is 69.7. The highest BCUT2D eigenvalue weighted by Gasteiger charge is 2.26. The van der Waals surface area contributed by atoms with Crippen LogP contribution < -0.4 is 10.6 Å². The van der Waals surface area contributed by atoms with Crippen LogP contribution in [0.2, 0.25) is 0 Å². The number of urea groups is 1. The van der Waals surface area contributed by atoms with Crippen LogP contribution in [0.3, 0.4) is 0 Å². The van der Waals surface area contributed by atoms with Crippen molar-refractivity contribution in [2.24, 2.45) is 0 Å². The summed E-state index contributed by atoms with van der Waals surface area (Å²) in [5.41, 5.74) is 0. The molecule has 0 bridgehead atoms. The fourth-order valence-electron chi connectivity index (χ4n) is 2.66. The van der Waals surface area contributed by atoms with E-state index in [0.717, 1.165) is 11.3 Å². The molecule has 0 aliphatic carbocycles. The average Bonchev–Trinajstić information content (AvgIpc) is 2.76. The number of rotatable bonds is 20. The first-order chi connectivity index (χ1) is 16.5. The van der Waals surface area contributed by atoms with Crippen LogP contribution >= 0.6 is 0 Å². The number of carboxylic acids is 4. The second-order valence-corrected chi connectivity index (χ2v) is 7.30. The third-order valence-electron chi connectivity index (χ3n) is 4.41. The summed E-state index contributed by atoms with van der Waals surface area (Å²) < 4.78 is 10.5. The predicted octanol–water partition coefficient (Wildman–Crippen LogP) is -0.807. The van der Waals surface area contributed by atoms with Gasteiger partial charge in [0.1, 0.15) is 18.6 Å². The molecule has 2 atom stereocenters. The van der Waals surface area contributed by atoms with E-state index >= 15 is 0 Å². The van der Waals surface area contributed by atoms with Gasteiger partial charge in [-0.2, -0.15) is 0 Å². The van der Waals surface area contributed by atoms with Crippen molar-refractivity contribution in [3.63, 3.8) is 0 Å². The van der Waals surface area contributed by atoms with E-state index in [4.69, 9.17) is 24.8 Å². The van der Waals surface area contributed by atoms with Crippen LogP contribution in [0, 0.1) is 0 Å². The SMILES string of the molecule is CCCOCCOCCN(CC(=O)O)C(=O)CC[C@H](NC(=O)N[C@@H](CCC(=O)O)C(=O)O)C(=O)O. The van der Waals surface area contributed by atoms with Crippen LogP contribution in [0.1, 0.15) is 39.0 Å². The molecule has 0 aromatic rings. The van der Waals surface area contributed by atoms with Gasteiger partial charge < -0.3 is 45.4 Å². The molecule has 0 saturated carbocycles. The van der Waals surface area contributed by atoms with E-state index in [1.165, 1.54) is 0 Å². The van der Waals surface area contributed by atoms with Crippen molar-refractivity contribution in [1.82, 2.24) is 15.5 Å². The Morgan fingerprint density at radius 1 is 0.743 bits per heavy atom. The van der Waals surface area contributed by atoms with Crippen LogP contribution in [-0.2, 0) is 33.4 Å². The van der Waals surface area contributed by atoms with Crippen LogP contribution in [-0.4, -0.2) is 113 Å². The number of nitrogens with one attached hydrogen (secondary N) is 2. The Bertz CT molecular complexity index is 730. The van der Waals surface area contributed by atoms with E-state index in [1.807, 2.05) is 17.6 Å². The summed E-state index contributed by atoms with van der Waals surface area (Å²) in [6, 6.07) is -4.34. The molecule has 200 valence electrons. The second kappa shape index (κ2) is 17.9. The van der Waals surface area contributed by atoms with Crippen molar-refractivity contribution < 1.29 is 58.7 Å². The van der Waals surface area contributed by atoms with Crippen LogP contribution in [0.25, 0.3) is 0 Å². The molecule has 0 fully saturated rings. The first-order valence-electron chi connectivity index (χ1n) is 10.9. The molecule has 0 unspecified atom stereocenters. The average molecular weight is 507 g/mol. The fourth-order valence-corrected chi connectivity index (χ4v) is 2.66. The van der Waals surface area contributed by atoms with E-state index in [9.17, 15) is 33.9 Å². The molecular weight excluding hydrogens is 474 g/mol. The smallest absolute Gasteiger partial charge is 0.326 e. The van der Waals surface area contributed by atoms with E-state index in [0.29, 0.717) is 13.2 Å². The Hall–Kier alpha value is -3.46. The molecule has 0 aliphatic rings. The lowest BCUT2D eigenvalue weighted by molar-refractivity contribution is -0.145. The predicted molar refractivity (Wildman–Crippen MR) is 117 cm³/mol. The van der Waals surface area contributed by atoms with Gasteiger partial charge in [0, 0.05) is 26.0 Å². The topological polar surface area (TPSA) is 229 Å². The highest BCUT2D eigenvalue weighted by molar-refractivity contribution is 5.87. The van der Waals surface area contributed by atoms with Crippen molar-refractivity contribution in [2.75, 3.05) is 39.5 Å². The maximum atomic E-state index is 12.4. The molecule has 0 aromatic carbocycles. The summed E-state index contributed by atoms with van der Waals surface area (Å²) in [6.45, 7) is 2.45. The molecule has 0 heterocycles.